The van der Waals surface area contributed by atoms with Gasteiger partial charge in [0.2, 0.25) is 5.91 Å². The van der Waals surface area contributed by atoms with Crippen molar-refractivity contribution in [3.8, 4) is 11.3 Å². The summed E-state index contributed by atoms with van der Waals surface area (Å²) < 4.78 is 40.9. The first kappa shape index (κ1) is 29.6. The van der Waals surface area contributed by atoms with Crippen molar-refractivity contribution >= 4 is 38.4 Å². The van der Waals surface area contributed by atoms with Crippen LogP contribution in [0.5, 0.6) is 0 Å². The van der Waals surface area contributed by atoms with E-state index in [1.807, 2.05) is 16.7 Å². The molecule has 0 atom stereocenters. The van der Waals surface area contributed by atoms with Gasteiger partial charge in [-0.3, -0.25) is 19.7 Å². The maximum Gasteiger partial charge on any atom is 0.269 e. The summed E-state index contributed by atoms with van der Waals surface area (Å²) in [7, 11) is -4.32. The lowest BCUT2D eigenvalue weighted by molar-refractivity contribution is -0.384. The Hall–Kier alpha value is -4.49. The number of fused-ring (bicyclic) bond motifs is 1. The fraction of sp³-hybridized carbons (Fsp3) is 0.355. The Kier molecular flexibility index (Phi) is 8.23. The highest BCUT2D eigenvalue weighted by Gasteiger charge is 2.30. The van der Waals surface area contributed by atoms with Gasteiger partial charge in [-0.05, 0) is 54.7 Å². The Morgan fingerprint density at radius 1 is 1.00 bits per heavy atom. The number of non-ortho nitro benzene ring substituents is 1. The van der Waals surface area contributed by atoms with E-state index in [0.717, 1.165) is 72.2 Å². The van der Waals surface area contributed by atoms with E-state index in [1.165, 1.54) is 6.42 Å². The van der Waals surface area contributed by atoms with Crippen LogP contribution in [0.1, 0.15) is 53.9 Å². The van der Waals surface area contributed by atoms with Crippen LogP contribution in [0.25, 0.3) is 22.2 Å². The molecule has 4 aromatic rings. The molecule has 3 heterocycles. The number of aromatic nitrogens is 1. The second kappa shape index (κ2) is 12.2. The Morgan fingerprint density at radius 2 is 1.73 bits per heavy atom. The molecule has 1 aliphatic heterocycles. The first-order valence-corrected chi connectivity index (χ1v) is 16.1. The fourth-order valence-corrected chi connectivity index (χ4v) is 7.21. The Labute approximate surface area is 253 Å². The quantitative estimate of drug-likeness (QED) is 0.217. The van der Waals surface area contributed by atoms with E-state index in [0.29, 0.717) is 31.8 Å². The van der Waals surface area contributed by atoms with Crippen LogP contribution in [-0.2, 0) is 26.1 Å². The van der Waals surface area contributed by atoms with Gasteiger partial charge in [0.1, 0.15) is 6.54 Å². The SMILES string of the molecule is O=C(NS(=O)(=O)c1ccc([N+](=O)[O-])cc1)c1ccc2c(C3CCCCC3)c(-c3ccoc3)n(CC(=O)N3CCOCC3)c2c1. The zero-order chi connectivity index (χ0) is 30.8. The molecule has 1 saturated heterocycles. The minimum Gasteiger partial charge on any atom is -0.472 e. The standard InChI is InChI=1S/C31H32N4O8S/c36-28(33-13-16-42-17-14-33)19-34-27-18-22(31(37)32-44(40,41)25-9-7-24(8-10-25)35(38)39)6-11-26(27)29(21-4-2-1-3-5-21)30(34)23-12-15-43-20-23/h6-12,15,18,20-21H,1-5,13-14,16-17,19H2,(H,32,37). The molecule has 0 radical (unpaired) electrons. The molecule has 6 rings (SSSR count). The average molecular weight is 621 g/mol. The number of nitrogens with one attached hydrogen (secondary N) is 1. The number of carbonyl (C=O) groups is 2. The van der Waals surface area contributed by atoms with Crippen molar-refractivity contribution in [1.29, 1.82) is 0 Å². The number of amides is 2. The van der Waals surface area contributed by atoms with E-state index >= 15 is 0 Å². The third kappa shape index (κ3) is 5.84. The molecule has 230 valence electrons. The van der Waals surface area contributed by atoms with Crippen LogP contribution in [0.4, 0.5) is 5.69 Å². The second-order valence-electron chi connectivity index (χ2n) is 11.1. The number of morpholine rings is 1. The lowest BCUT2D eigenvalue weighted by atomic mass is 9.82. The molecule has 0 bridgehead atoms. The fourth-order valence-electron chi connectivity index (χ4n) is 6.23. The second-order valence-corrected chi connectivity index (χ2v) is 12.8. The molecular formula is C31H32N4O8S. The Morgan fingerprint density at radius 3 is 2.39 bits per heavy atom. The van der Waals surface area contributed by atoms with Crippen molar-refractivity contribution in [2.45, 2.75) is 49.5 Å². The number of rotatable bonds is 8. The van der Waals surface area contributed by atoms with Crippen LogP contribution in [0.3, 0.4) is 0 Å². The van der Waals surface area contributed by atoms with Gasteiger partial charge in [-0.2, -0.15) is 0 Å². The van der Waals surface area contributed by atoms with Crippen LogP contribution >= 0.6 is 0 Å². The van der Waals surface area contributed by atoms with E-state index in [4.69, 9.17) is 9.15 Å². The van der Waals surface area contributed by atoms with Crippen molar-refractivity contribution < 1.29 is 32.1 Å². The number of hydrogen-bond donors (Lipinski definition) is 1. The molecule has 0 spiro atoms. The largest absolute Gasteiger partial charge is 0.472 e. The van der Waals surface area contributed by atoms with E-state index in [-0.39, 0.29) is 34.5 Å². The van der Waals surface area contributed by atoms with Crippen LogP contribution in [0.15, 0.2) is 70.4 Å². The third-order valence-corrected chi connectivity index (χ3v) is 9.76. The van der Waals surface area contributed by atoms with Crippen molar-refractivity contribution in [1.82, 2.24) is 14.2 Å². The molecule has 2 aromatic heterocycles. The summed E-state index contributed by atoms with van der Waals surface area (Å²) in [4.78, 5) is 38.7. The zero-order valence-electron chi connectivity index (χ0n) is 23.9. The van der Waals surface area contributed by atoms with Crippen LogP contribution in [0.2, 0.25) is 0 Å². The van der Waals surface area contributed by atoms with E-state index in [1.54, 1.807) is 29.6 Å². The van der Waals surface area contributed by atoms with Gasteiger partial charge < -0.3 is 18.6 Å². The van der Waals surface area contributed by atoms with Gasteiger partial charge in [0, 0.05) is 41.7 Å². The van der Waals surface area contributed by atoms with Crippen molar-refractivity contribution in [2.24, 2.45) is 0 Å². The van der Waals surface area contributed by atoms with Crippen LogP contribution in [-0.4, -0.2) is 60.9 Å². The normalized spacial score (nSPS) is 16.2. The highest BCUT2D eigenvalue weighted by atomic mass is 32.2. The number of hydrogen-bond acceptors (Lipinski definition) is 8. The number of benzene rings is 2. The average Bonchev–Trinajstić information content (AvgIpc) is 3.68. The van der Waals surface area contributed by atoms with E-state index < -0.39 is 20.9 Å². The van der Waals surface area contributed by atoms with Gasteiger partial charge >= 0.3 is 0 Å². The highest BCUT2D eigenvalue weighted by Crippen LogP contribution is 2.44. The summed E-state index contributed by atoms with van der Waals surface area (Å²) in [6.45, 7) is 1.93. The molecule has 1 N–H and O–H groups in total. The number of furan rings is 1. The summed E-state index contributed by atoms with van der Waals surface area (Å²) in [6, 6.07) is 11.2. The maximum atomic E-state index is 13.6. The van der Waals surface area contributed by atoms with Crippen LogP contribution in [0, 0.1) is 10.1 Å². The summed E-state index contributed by atoms with van der Waals surface area (Å²) >= 11 is 0. The summed E-state index contributed by atoms with van der Waals surface area (Å²) in [5.41, 5.74) is 3.25. The van der Waals surface area contributed by atoms with Crippen molar-refractivity contribution in [2.75, 3.05) is 26.3 Å². The van der Waals surface area contributed by atoms with Gasteiger partial charge in [-0.25, -0.2) is 13.1 Å². The Balaban J connectivity index is 1.42. The van der Waals surface area contributed by atoms with Crippen LogP contribution < -0.4 is 4.72 Å². The molecule has 2 fully saturated rings. The van der Waals surface area contributed by atoms with Crippen molar-refractivity contribution in [3.05, 3.63) is 82.3 Å². The van der Waals surface area contributed by atoms with Gasteiger partial charge in [-0.1, -0.05) is 25.3 Å². The predicted octanol–water partition coefficient (Wildman–Crippen LogP) is 4.83. The van der Waals surface area contributed by atoms with E-state index in [2.05, 4.69) is 4.72 Å². The first-order valence-electron chi connectivity index (χ1n) is 14.6. The molecule has 2 aliphatic rings. The molecule has 2 aromatic carbocycles. The van der Waals surface area contributed by atoms with Gasteiger partial charge in [0.25, 0.3) is 21.6 Å². The summed E-state index contributed by atoms with van der Waals surface area (Å²) in [5, 5.41) is 11.9. The minimum absolute atomic E-state index is 0.0237. The third-order valence-electron chi connectivity index (χ3n) is 8.42. The van der Waals surface area contributed by atoms with Gasteiger partial charge in [0.05, 0.1) is 46.8 Å². The molecule has 1 aliphatic carbocycles. The monoisotopic (exact) mass is 620 g/mol. The number of nitro groups is 1. The molecule has 13 heteroatoms. The predicted molar refractivity (Wildman–Crippen MR) is 161 cm³/mol. The maximum absolute atomic E-state index is 13.6. The lowest BCUT2D eigenvalue weighted by Crippen LogP contribution is -2.42. The van der Waals surface area contributed by atoms with Gasteiger partial charge in [0.15, 0.2) is 0 Å². The first-order chi connectivity index (χ1) is 21.2. The number of nitrogens with zero attached hydrogens (tertiary/aromatic N) is 3. The molecule has 1 saturated carbocycles. The number of ether oxygens (including phenoxy) is 1. The summed E-state index contributed by atoms with van der Waals surface area (Å²) in [5.74, 6) is -0.694. The molecule has 2 amide bonds. The molecule has 44 heavy (non-hydrogen) atoms. The Bertz CT molecular complexity index is 1800. The number of carbonyl (C=O) groups excluding carboxylic acids is 2. The number of nitro benzene ring substituents is 1. The smallest absolute Gasteiger partial charge is 0.269 e. The minimum atomic E-state index is -4.32. The molecule has 12 nitrogen and oxygen atoms in total. The zero-order valence-corrected chi connectivity index (χ0v) is 24.8. The van der Waals surface area contributed by atoms with Crippen molar-refractivity contribution in [3.63, 3.8) is 0 Å². The van der Waals surface area contributed by atoms with Gasteiger partial charge in [-0.15, -0.1) is 0 Å². The van der Waals surface area contributed by atoms with E-state index in [9.17, 15) is 28.1 Å². The summed E-state index contributed by atoms with van der Waals surface area (Å²) in [6.07, 6.45) is 8.59. The number of sulfonamides is 1. The lowest BCUT2D eigenvalue weighted by Gasteiger charge is -2.27. The molecule has 0 unspecified atom stereocenters. The molecular weight excluding hydrogens is 588 g/mol. The topological polar surface area (TPSA) is 154 Å². The highest BCUT2D eigenvalue weighted by molar-refractivity contribution is 7.90.